The topological polar surface area (TPSA) is 21.7 Å². The Balaban J connectivity index is 2.57. The number of nitrogens with zero attached hydrogens (tertiary/aromatic N) is 1. The highest BCUT2D eigenvalue weighted by atomic mass is 19.1. The van der Waals surface area contributed by atoms with E-state index in [9.17, 15) is 4.39 Å². The molecule has 0 aromatic carbocycles. The van der Waals surface area contributed by atoms with Crippen molar-refractivity contribution in [3.8, 4) is 0 Å². The predicted molar refractivity (Wildman–Crippen MR) is 57.9 cm³/mol. The van der Waals surface area contributed by atoms with Gasteiger partial charge in [0.1, 0.15) is 0 Å². The van der Waals surface area contributed by atoms with Gasteiger partial charge in [0, 0.05) is 20.8 Å². The summed E-state index contributed by atoms with van der Waals surface area (Å²) in [4.78, 5) is 2.32. The maximum absolute atomic E-state index is 12.2. The second-order valence-electron chi connectivity index (χ2n) is 4.22. The minimum Gasteiger partial charge on any atom is -0.383 e. The molecule has 3 nitrogen and oxygen atoms in total. The van der Waals surface area contributed by atoms with Gasteiger partial charge in [-0.25, -0.2) is 0 Å². The fraction of sp³-hybridized carbons (Fsp3) is 1.00. The van der Waals surface area contributed by atoms with Gasteiger partial charge in [-0.3, -0.25) is 9.29 Å². The van der Waals surface area contributed by atoms with Gasteiger partial charge >= 0.3 is 0 Å². The summed E-state index contributed by atoms with van der Waals surface area (Å²) >= 11 is 0. The van der Waals surface area contributed by atoms with Crippen molar-refractivity contribution in [2.75, 3.05) is 47.2 Å². The van der Waals surface area contributed by atoms with Crippen molar-refractivity contribution in [1.82, 2.24) is 4.90 Å². The number of hydrogen-bond acceptors (Lipinski definition) is 3. The van der Waals surface area contributed by atoms with E-state index in [1.165, 1.54) is 0 Å². The molecule has 90 valence electrons. The molecule has 0 unspecified atom stereocenters. The Bertz CT molecular complexity index is 172. The first-order chi connectivity index (χ1) is 7.29. The zero-order valence-corrected chi connectivity index (χ0v) is 9.80. The monoisotopic (exact) mass is 219 g/mol. The summed E-state index contributed by atoms with van der Waals surface area (Å²) in [5, 5.41) is 0. The molecule has 0 saturated carbocycles. The highest BCUT2D eigenvalue weighted by Crippen LogP contribution is 2.30. The average Bonchev–Trinajstić information content (AvgIpc) is 2.59. The lowest BCUT2D eigenvalue weighted by Gasteiger charge is -2.37. The van der Waals surface area contributed by atoms with Crippen molar-refractivity contribution >= 4 is 0 Å². The molecule has 0 aliphatic carbocycles. The van der Waals surface area contributed by atoms with Crippen LogP contribution < -0.4 is 0 Å². The molecule has 1 saturated heterocycles. The number of hydrogen-bond donors (Lipinski definition) is 0. The fourth-order valence-electron chi connectivity index (χ4n) is 2.50. The van der Waals surface area contributed by atoms with Gasteiger partial charge in [-0.05, 0) is 25.8 Å². The second-order valence-corrected chi connectivity index (χ2v) is 4.22. The first kappa shape index (κ1) is 12.9. The third-order valence-electron chi connectivity index (χ3n) is 3.13. The minimum absolute atomic E-state index is 0.0152. The summed E-state index contributed by atoms with van der Waals surface area (Å²) in [5.41, 5.74) is -0.0152. The highest BCUT2D eigenvalue weighted by Gasteiger charge is 2.40. The molecule has 1 heterocycles. The molecule has 15 heavy (non-hydrogen) atoms. The first-order valence-corrected chi connectivity index (χ1v) is 5.58. The fourth-order valence-corrected chi connectivity index (χ4v) is 2.50. The molecule has 0 aromatic heterocycles. The largest absolute Gasteiger partial charge is 0.383 e. The van der Waals surface area contributed by atoms with Crippen molar-refractivity contribution < 1.29 is 13.9 Å². The van der Waals surface area contributed by atoms with Gasteiger partial charge in [-0.1, -0.05) is 0 Å². The molecule has 0 atom stereocenters. The normalized spacial score (nSPS) is 21.0. The number of methoxy groups -OCH3 is 2. The quantitative estimate of drug-likeness (QED) is 0.647. The molecule has 0 radical (unpaired) electrons. The Morgan fingerprint density at radius 1 is 1.27 bits per heavy atom. The zero-order chi connectivity index (χ0) is 11.1. The van der Waals surface area contributed by atoms with Crippen molar-refractivity contribution in [1.29, 1.82) is 0 Å². The van der Waals surface area contributed by atoms with E-state index in [1.807, 2.05) is 0 Å². The molecule has 1 fully saturated rings. The summed E-state index contributed by atoms with van der Waals surface area (Å²) in [5.74, 6) is 0. The average molecular weight is 219 g/mol. The van der Waals surface area contributed by atoms with Crippen molar-refractivity contribution in [3.63, 3.8) is 0 Å². The summed E-state index contributed by atoms with van der Waals surface area (Å²) in [6.07, 6.45) is 2.84. The van der Waals surface area contributed by atoms with Crippen LogP contribution in [0.2, 0.25) is 0 Å². The highest BCUT2D eigenvalue weighted by molar-refractivity contribution is 4.95. The van der Waals surface area contributed by atoms with Gasteiger partial charge < -0.3 is 9.47 Å². The third-order valence-corrected chi connectivity index (χ3v) is 3.13. The molecular weight excluding hydrogens is 197 g/mol. The minimum atomic E-state index is -0.244. The Morgan fingerprint density at radius 3 is 2.47 bits per heavy atom. The van der Waals surface area contributed by atoms with Crippen LogP contribution in [0.5, 0.6) is 0 Å². The van der Waals surface area contributed by atoms with Gasteiger partial charge in [0.05, 0.1) is 25.4 Å². The van der Waals surface area contributed by atoms with Crippen LogP contribution >= 0.6 is 0 Å². The van der Waals surface area contributed by atoms with Crippen LogP contribution in [0.1, 0.15) is 19.3 Å². The molecule has 0 bridgehead atoms. The van der Waals surface area contributed by atoms with E-state index in [0.717, 1.165) is 25.9 Å². The smallest absolute Gasteiger partial charge is 0.0906 e. The van der Waals surface area contributed by atoms with Gasteiger partial charge in [0.2, 0.25) is 0 Å². The summed E-state index contributed by atoms with van der Waals surface area (Å²) in [6, 6.07) is 0. The van der Waals surface area contributed by atoms with E-state index in [4.69, 9.17) is 9.47 Å². The molecule has 1 aliphatic rings. The van der Waals surface area contributed by atoms with E-state index < -0.39 is 0 Å². The van der Waals surface area contributed by atoms with Gasteiger partial charge in [0.15, 0.2) is 0 Å². The maximum atomic E-state index is 12.2. The van der Waals surface area contributed by atoms with Crippen LogP contribution in [0.15, 0.2) is 0 Å². The lowest BCUT2D eigenvalue weighted by Crippen LogP contribution is -2.51. The Hall–Kier alpha value is -0.190. The van der Waals surface area contributed by atoms with Crippen LogP contribution in [-0.2, 0) is 9.47 Å². The Morgan fingerprint density at radius 2 is 1.93 bits per heavy atom. The van der Waals surface area contributed by atoms with E-state index in [1.54, 1.807) is 14.2 Å². The molecule has 1 rings (SSSR count). The van der Waals surface area contributed by atoms with Crippen LogP contribution in [0.4, 0.5) is 4.39 Å². The first-order valence-electron chi connectivity index (χ1n) is 5.58. The van der Waals surface area contributed by atoms with Crippen molar-refractivity contribution in [2.24, 2.45) is 0 Å². The molecule has 1 aliphatic heterocycles. The van der Waals surface area contributed by atoms with E-state index in [-0.39, 0.29) is 12.2 Å². The number of halogens is 1. The molecule has 0 spiro atoms. The molecule has 0 aromatic rings. The predicted octanol–water partition coefficient (Wildman–Crippen LogP) is 1.47. The second kappa shape index (κ2) is 6.40. The van der Waals surface area contributed by atoms with Crippen LogP contribution in [0.3, 0.4) is 0 Å². The van der Waals surface area contributed by atoms with Crippen LogP contribution in [-0.4, -0.2) is 57.6 Å². The lowest BCUT2D eigenvalue weighted by molar-refractivity contribution is -0.0173. The lowest BCUT2D eigenvalue weighted by atomic mass is 9.98. The Labute approximate surface area is 91.5 Å². The number of ether oxygens (including phenoxy) is 2. The molecule has 0 N–H and O–H groups in total. The summed E-state index contributed by atoms with van der Waals surface area (Å²) in [7, 11) is 3.42. The third kappa shape index (κ3) is 3.13. The summed E-state index contributed by atoms with van der Waals surface area (Å²) in [6.45, 7) is 2.95. The van der Waals surface area contributed by atoms with Gasteiger partial charge in [-0.2, -0.15) is 0 Å². The zero-order valence-electron chi connectivity index (χ0n) is 9.80. The number of rotatable bonds is 7. The van der Waals surface area contributed by atoms with Gasteiger partial charge in [0.25, 0.3) is 0 Å². The molecule has 4 heteroatoms. The van der Waals surface area contributed by atoms with Crippen LogP contribution in [0, 0.1) is 0 Å². The van der Waals surface area contributed by atoms with E-state index in [0.29, 0.717) is 19.6 Å². The summed E-state index contributed by atoms with van der Waals surface area (Å²) < 4.78 is 22.7. The standard InChI is InChI=1S/C11H22FNO2/c1-14-9-11(10-15-2)5-3-7-13(11)8-4-6-12/h3-10H2,1-2H3. The van der Waals surface area contributed by atoms with Crippen LogP contribution in [0.25, 0.3) is 0 Å². The van der Waals surface area contributed by atoms with Gasteiger partial charge in [-0.15, -0.1) is 0 Å². The van der Waals surface area contributed by atoms with E-state index in [2.05, 4.69) is 4.90 Å². The molecular formula is C11H22FNO2. The SMILES string of the molecule is COCC1(COC)CCCN1CCCF. The maximum Gasteiger partial charge on any atom is 0.0906 e. The van der Waals surface area contributed by atoms with Crippen molar-refractivity contribution in [3.05, 3.63) is 0 Å². The Kier molecular flexibility index (Phi) is 5.50. The number of alkyl halides is 1. The van der Waals surface area contributed by atoms with E-state index >= 15 is 0 Å². The molecule has 0 amide bonds. The van der Waals surface area contributed by atoms with Crippen molar-refractivity contribution in [2.45, 2.75) is 24.8 Å². The number of likely N-dealkylation sites (tertiary alicyclic amines) is 1.